The number of para-hydroxylation sites is 1. The van der Waals surface area contributed by atoms with Gasteiger partial charge in [-0.25, -0.2) is 9.48 Å². The second-order valence-electron chi connectivity index (χ2n) is 8.52. The first-order valence-corrected chi connectivity index (χ1v) is 11.3. The van der Waals surface area contributed by atoms with Crippen LogP contribution in [0.5, 0.6) is 0 Å². The lowest BCUT2D eigenvalue weighted by Gasteiger charge is -2.10. The Hall–Kier alpha value is -4.33. The van der Waals surface area contributed by atoms with Gasteiger partial charge in [-0.3, -0.25) is 14.3 Å². The van der Waals surface area contributed by atoms with Crippen LogP contribution >= 0.6 is 0 Å². The van der Waals surface area contributed by atoms with Crippen molar-refractivity contribution >= 4 is 17.6 Å². The summed E-state index contributed by atoms with van der Waals surface area (Å²) in [6.07, 6.45) is 0. The van der Waals surface area contributed by atoms with Gasteiger partial charge in [-0.1, -0.05) is 35.9 Å². The van der Waals surface area contributed by atoms with E-state index < -0.39 is 18.5 Å². The molecule has 0 atom stereocenters. The number of aromatic nitrogens is 3. The van der Waals surface area contributed by atoms with Crippen molar-refractivity contribution < 1.29 is 14.3 Å². The van der Waals surface area contributed by atoms with Crippen molar-refractivity contribution in [3.05, 3.63) is 99.2 Å². The largest absolute Gasteiger partial charge is 0.452 e. The van der Waals surface area contributed by atoms with Gasteiger partial charge in [0.1, 0.15) is 5.69 Å². The van der Waals surface area contributed by atoms with E-state index in [4.69, 9.17) is 4.74 Å². The number of benzene rings is 2. The van der Waals surface area contributed by atoms with E-state index in [1.807, 2.05) is 67.8 Å². The fourth-order valence-corrected chi connectivity index (χ4v) is 4.16. The minimum atomic E-state index is -0.599. The Morgan fingerprint density at radius 3 is 2.20 bits per heavy atom. The van der Waals surface area contributed by atoms with E-state index in [-0.39, 0.29) is 11.2 Å². The van der Waals surface area contributed by atoms with Crippen LogP contribution in [0.4, 0.5) is 5.69 Å². The number of carbonyl (C=O) groups excluding carboxylic acids is 2. The molecule has 0 saturated carbocycles. The highest BCUT2D eigenvalue weighted by Crippen LogP contribution is 2.22. The monoisotopic (exact) mass is 472 g/mol. The summed E-state index contributed by atoms with van der Waals surface area (Å²) in [6.45, 7) is 6.99. The number of hydrogen-bond donors (Lipinski definition) is 1. The molecule has 1 N–H and O–H groups in total. The zero-order valence-electron chi connectivity index (χ0n) is 20.5. The van der Waals surface area contributed by atoms with Crippen LogP contribution < -0.4 is 10.9 Å². The Balaban J connectivity index is 1.48. The summed E-state index contributed by atoms with van der Waals surface area (Å²) in [6, 6.07) is 18.9. The third-order valence-electron chi connectivity index (χ3n) is 6.10. The zero-order valence-corrected chi connectivity index (χ0v) is 20.5. The van der Waals surface area contributed by atoms with Crippen molar-refractivity contribution in [2.24, 2.45) is 7.05 Å². The van der Waals surface area contributed by atoms with Gasteiger partial charge < -0.3 is 14.6 Å². The molecule has 4 aromatic rings. The van der Waals surface area contributed by atoms with Crippen LogP contribution in [0.25, 0.3) is 11.4 Å². The number of amides is 1. The molecule has 8 nitrogen and oxygen atoms in total. The lowest BCUT2D eigenvalue weighted by molar-refractivity contribution is -0.119. The highest BCUT2D eigenvalue weighted by atomic mass is 16.5. The number of nitrogens with one attached hydrogen (secondary N) is 1. The summed E-state index contributed by atoms with van der Waals surface area (Å²) in [4.78, 5) is 38.3. The number of anilines is 1. The van der Waals surface area contributed by atoms with Gasteiger partial charge >= 0.3 is 5.97 Å². The molecule has 0 bridgehead atoms. The Labute approximate surface area is 203 Å². The van der Waals surface area contributed by atoms with Crippen LogP contribution in [0, 0.1) is 27.7 Å². The van der Waals surface area contributed by atoms with Gasteiger partial charge in [0.2, 0.25) is 0 Å². The fourth-order valence-electron chi connectivity index (χ4n) is 4.16. The van der Waals surface area contributed by atoms with E-state index in [1.54, 1.807) is 36.9 Å². The van der Waals surface area contributed by atoms with Crippen LogP contribution in [0.15, 0.2) is 65.5 Å². The van der Waals surface area contributed by atoms with Crippen molar-refractivity contribution in [2.45, 2.75) is 27.7 Å². The number of carbonyl (C=O) groups is 2. The molecule has 0 spiro atoms. The van der Waals surface area contributed by atoms with Crippen molar-refractivity contribution in [1.82, 2.24) is 13.9 Å². The van der Waals surface area contributed by atoms with Gasteiger partial charge in [0.05, 0.1) is 16.9 Å². The van der Waals surface area contributed by atoms with Gasteiger partial charge in [-0.2, -0.15) is 0 Å². The number of esters is 1. The third kappa shape index (κ3) is 4.55. The van der Waals surface area contributed by atoms with Gasteiger partial charge in [0.25, 0.3) is 11.5 Å². The summed E-state index contributed by atoms with van der Waals surface area (Å²) in [5, 5.41) is 2.60. The summed E-state index contributed by atoms with van der Waals surface area (Å²) < 4.78 is 10.4. The minimum absolute atomic E-state index is 0.148. The fraction of sp³-hybridized carbons (Fsp3) is 0.222. The van der Waals surface area contributed by atoms with E-state index in [9.17, 15) is 14.4 Å². The quantitative estimate of drug-likeness (QED) is 0.430. The molecule has 35 heavy (non-hydrogen) atoms. The molecule has 2 aromatic carbocycles. The normalized spacial score (nSPS) is 10.9. The van der Waals surface area contributed by atoms with Crippen molar-refractivity contribution in [3.63, 3.8) is 0 Å². The maximum absolute atomic E-state index is 13.0. The molecule has 0 unspecified atom stereocenters. The highest BCUT2D eigenvalue weighted by molar-refractivity contribution is 5.96. The molecule has 2 heterocycles. The maximum atomic E-state index is 13.0. The standard InChI is InChI=1S/C27H28N4O4/c1-17-11-13-21(14-12-17)30-18(2)15-23(19(30)3)27(34)35-16-24(32)28-25-20(4)29(5)31(26(25)33)22-9-7-6-8-10-22/h6-15H,16H2,1-5H3,(H,28,32). The maximum Gasteiger partial charge on any atom is 0.340 e. The van der Waals surface area contributed by atoms with Crippen LogP contribution in [-0.4, -0.2) is 32.4 Å². The molecule has 0 saturated heterocycles. The average Bonchev–Trinajstić information content (AvgIpc) is 3.25. The predicted molar refractivity (Wildman–Crippen MR) is 135 cm³/mol. The number of hydrogen-bond acceptors (Lipinski definition) is 4. The average molecular weight is 473 g/mol. The predicted octanol–water partition coefficient (Wildman–Crippen LogP) is 4.00. The molecular weight excluding hydrogens is 444 g/mol. The first-order chi connectivity index (χ1) is 16.7. The van der Waals surface area contributed by atoms with E-state index >= 15 is 0 Å². The molecule has 8 heteroatoms. The van der Waals surface area contributed by atoms with E-state index in [2.05, 4.69) is 5.32 Å². The molecule has 0 aliphatic heterocycles. The van der Waals surface area contributed by atoms with Crippen molar-refractivity contribution in [2.75, 3.05) is 11.9 Å². The number of rotatable bonds is 6. The molecule has 0 fully saturated rings. The van der Waals surface area contributed by atoms with Gasteiger partial charge in [-0.15, -0.1) is 0 Å². The number of ether oxygens (including phenoxy) is 1. The van der Waals surface area contributed by atoms with Gasteiger partial charge in [0.15, 0.2) is 6.61 Å². The number of nitrogens with zero attached hydrogens (tertiary/aromatic N) is 3. The highest BCUT2D eigenvalue weighted by Gasteiger charge is 2.21. The SMILES string of the molecule is Cc1ccc(-n2c(C)cc(C(=O)OCC(=O)Nc3c(C)n(C)n(-c4ccccc4)c3=O)c2C)cc1. The molecule has 2 aromatic heterocycles. The van der Waals surface area contributed by atoms with Crippen LogP contribution in [0.2, 0.25) is 0 Å². The summed E-state index contributed by atoms with van der Waals surface area (Å²) in [5.41, 5.74) is 5.12. The Morgan fingerprint density at radius 2 is 1.54 bits per heavy atom. The van der Waals surface area contributed by atoms with Crippen LogP contribution in [0.1, 0.15) is 33.0 Å². The second-order valence-corrected chi connectivity index (χ2v) is 8.52. The smallest absolute Gasteiger partial charge is 0.340 e. The molecule has 4 rings (SSSR count). The summed E-state index contributed by atoms with van der Waals surface area (Å²) in [7, 11) is 1.74. The first-order valence-electron chi connectivity index (χ1n) is 11.3. The lowest BCUT2D eigenvalue weighted by Crippen LogP contribution is -2.26. The molecule has 180 valence electrons. The third-order valence-corrected chi connectivity index (χ3v) is 6.10. The summed E-state index contributed by atoms with van der Waals surface area (Å²) >= 11 is 0. The molecule has 0 radical (unpaired) electrons. The molecular formula is C27H28N4O4. The molecule has 1 amide bonds. The first kappa shape index (κ1) is 23.8. The van der Waals surface area contributed by atoms with Crippen molar-refractivity contribution in [1.29, 1.82) is 0 Å². The summed E-state index contributed by atoms with van der Waals surface area (Å²) in [5.74, 6) is -1.19. The molecule has 0 aliphatic carbocycles. The minimum Gasteiger partial charge on any atom is -0.452 e. The second kappa shape index (κ2) is 9.50. The van der Waals surface area contributed by atoms with Crippen LogP contribution in [0.3, 0.4) is 0 Å². The van der Waals surface area contributed by atoms with E-state index in [1.165, 1.54) is 4.68 Å². The zero-order chi connectivity index (χ0) is 25.3. The molecule has 0 aliphatic rings. The number of aryl methyl sites for hydroxylation is 2. The van der Waals surface area contributed by atoms with E-state index in [0.717, 1.165) is 22.6 Å². The lowest BCUT2D eigenvalue weighted by atomic mass is 10.2. The Bertz CT molecular complexity index is 1460. The Kier molecular flexibility index (Phi) is 6.46. The van der Waals surface area contributed by atoms with Crippen molar-refractivity contribution in [3.8, 4) is 11.4 Å². The van der Waals surface area contributed by atoms with Gasteiger partial charge in [0, 0.05) is 24.1 Å². The Morgan fingerprint density at radius 1 is 0.886 bits per heavy atom. The van der Waals surface area contributed by atoms with Gasteiger partial charge in [-0.05, 0) is 58.0 Å². The van der Waals surface area contributed by atoms with Crippen LogP contribution in [-0.2, 0) is 16.6 Å². The van der Waals surface area contributed by atoms with E-state index in [0.29, 0.717) is 16.9 Å². The topological polar surface area (TPSA) is 87.3 Å².